The van der Waals surface area contributed by atoms with Crippen molar-refractivity contribution in [1.29, 1.82) is 5.26 Å². The zero-order valence-electron chi connectivity index (χ0n) is 13.3. The van der Waals surface area contributed by atoms with Gasteiger partial charge in [-0.3, -0.25) is 4.79 Å². The lowest BCUT2D eigenvalue weighted by molar-refractivity contribution is -0.126. The Kier molecular flexibility index (Phi) is 4.93. The number of ether oxygens (including phenoxy) is 1. The minimum atomic E-state index is 0.0225. The third-order valence-electron chi connectivity index (χ3n) is 4.04. The number of nitrogens with zero attached hydrogens (tertiary/aromatic N) is 2. The van der Waals surface area contributed by atoms with Gasteiger partial charge >= 0.3 is 0 Å². The zero-order valence-corrected chi connectivity index (χ0v) is 13.3. The molecule has 1 heterocycles. The average Bonchev–Trinajstić information content (AvgIpc) is 2.65. The minimum Gasteiger partial charge on any atom is -0.479 e. The van der Waals surface area contributed by atoms with Gasteiger partial charge in [-0.25, -0.2) is 0 Å². The van der Waals surface area contributed by atoms with Crippen LogP contribution in [0.3, 0.4) is 0 Å². The van der Waals surface area contributed by atoms with Gasteiger partial charge in [-0.1, -0.05) is 36.4 Å². The lowest BCUT2D eigenvalue weighted by Crippen LogP contribution is -2.34. The van der Waals surface area contributed by atoms with E-state index in [1.54, 1.807) is 24.3 Å². The molecule has 0 aromatic heterocycles. The molecule has 1 aliphatic heterocycles. The first-order chi connectivity index (χ1) is 11.8. The number of carbonyl (C=O) groups is 1. The Labute approximate surface area is 141 Å². The molecule has 4 heteroatoms. The molecule has 0 bridgehead atoms. The second-order valence-corrected chi connectivity index (χ2v) is 5.63. The second-order valence-electron chi connectivity index (χ2n) is 5.63. The molecular formula is C20H18N2O2. The average molecular weight is 318 g/mol. The quantitative estimate of drug-likeness (QED) is 0.814. The summed E-state index contributed by atoms with van der Waals surface area (Å²) in [6.45, 7) is 1.45. The van der Waals surface area contributed by atoms with Crippen LogP contribution < -0.4 is 4.74 Å². The van der Waals surface area contributed by atoms with Crippen LogP contribution in [-0.4, -0.2) is 24.0 Å². The van der Waals surface area contributed by atoms with Crippen LogP contribution in [0.25, 0.3) is 6.08 Å². The fourth-order valence-electron chi connectivity index (χ4n) is 2.75. The smallest absolute Gasteiger partial charge is 0.246 e. The van der Waals surface area contributed by atoms with Gasteiger partial charge in [-0.15, -0.1) is 0 Å². The molecule has 0 saturated carbocycles. The molecule has 120 valence electrons. The van der Waals surface area contributed by atoms with Crippen LogP contribution in [0.15, 0.2) is 54.6 Å². The van der Waals surface area contributed by atoms with Crippen molar-refractivity contribution in [2.24, 2.45) is 0 Å². The van der Waals surface area contributed by atoms with Crippen LogP contribution in [0.2, 0.25) is 0 Å². The molecule has 0 saturated heterocycles. The number of fused-ring (bicyclic) bond motifs is 1. The maximum absolute atomic E-state index is 12.4. The first-order valence-corrected chi connectivity index (χ1v) is 7.90. The van der Waals surface area contributed by atoms with Crippen molar-refractivity contribution in [2.45, 2.75) is 13.0 Å². The van der Waals surface area contributed by atoms with Crippen molar-refractivity contribution < 1.29 is 9.53 Å². The summed E-state index contributed by atoms with van der Waals surface area (Å²) in [7, 11) is 0. The highest BCUT2D eigenvalue weighted by atomic mass is 16.5. The number of hydrogen-bond acceptors (Lipinski definition) is 3. The number of amides is 1. The predicted molar refractivity (Wildman–Crippen MR) is 92.1 cm³/mol. The van der Waals surface area contributed by atoms with E-state index in [0.717, 1.165) is 18.5 Å². The van der Waals surface area contributed by atoms with Gasteiger partial charge in [0.1, 0.15) is 11.8 Å². The topological polar surface area (TPSA) is 53.3 Å². The van der Waals surface area contributed by atoms with E-state index in [2.05, 4.69) is 12.1 Å². The molecule has 1 amide bonds. The summed E-state index contributed by atoms with van der Waals surface area (Å²) in [5, 5.41) is 8.48. The maximum atomic E-state index is 12.4. The van der Waals surface area contributed by atoms with E-state index < -0.39 is 0 Å². The van der Waals surface area contributed by atoms with Gasteiger partial charge in [0.15, 0.2) is 6.61 Å². The van der Waals surface area contributed by atoms with E-state index in [9.17, 15) is 4.79 Å². The van der Waals surface area contributed by atoms with E-state index >= 15 is 0 Å². The molecule has 0 atom stereocenters. The number of benzene rings is 2. The summed E-state index contributed by atoms with van der Waals surface area (Å²) in [6.07, 6.45) is 4.32. The molecule has 2 aromatic carbocycles. The Morgan fingerprint density at radius 2 is 1.92 bits per heavy atom. The molecule has 0 fully saturated rings. The molecule has 0 spiro atoms. The Hall–Kier alpha value is -3.06. The van der Waals surface area contributed by atoms with Crippen molar-refractivity contribution in [3.63, 3.8) is 0 Å². The number of nitriles is 1. The van der Waals surface area contributed by atoms with Crippen LogP contribution in [0.5, 0.6) is 5.75 Å². The molecule has 24 heavy (non-hydrogen) atoms. The van der Waals surface area contributed by atoms with Gasteiger partial charge in [-0.2, -0.15) is 5.26 Å². The number of rotatable bonds is 4. The SMILES string of the molecule is N#CCOc1ccc(/C=C/C(=O)N2CCc3ccccc3C2)cc1. The number of carbonyl (C=O) groups excluding carboxylic acids is 1. The van der Waals surface area contributed by atoms with Crippen LogP contribution in [0.1, 0.15) is 16.7 Å². The van der Waals surface area contributed by atoms with Crippen molar-refractivity contribution in [3.8, 4) is 11.8 Å². The van der Waals surface area contributed by atoms with E-state index in [0.29, 0.717) is 12.3 Å². The van der Waals surface area contributed by atoms with Crippen molar-refractivity contribution in [1.82, 2.24) is 4.90 Å². The van der Waals surface area contributed by atoms with Gasteiger partial charge < -0.3 is 9.64 Å². The molecule has 0 radical (unpaired) electrons. The monoisotopic (exact) mass is 318 g/mol. The van der Waals surface area contributed by atoms with E-state index in [-0.39, 0.29) is 12.5 Å². The maximum Gasteiger partial charge on any atom is 0.246 e. The van der Waals surface area contributed by atoms with Gasteiger partial charge in [0.25, 0.3) is 0 Å². The summed E-state index contributed by atoms with van der Waals surface area (Å²) in [4.78, 5) is 14.2. The molecular weight excluding hydrogens is 300 g/mol. The second kappa shape index (κ2) is 7.47. The van der Waals surface area contributed by atoms with Crippen molar-refractivity contribution >= 4 is 12.0 Å². The molecule has 2 aromatic rings. The fourth-order valence-corrected chi connectivity index (χ4v) is 2.75. The highest BCUT2D eigenvalue weighted by Crippen LogP contribution is 2.19. The first kappa shape index (κ1) is 15.8. The molecule has 1 aliphatic rings. The normalized spacial score (nSPS) is 13.4. The zero-order chi connectivity index (χ0) is 16.8. The third-order valence-corrected chi connectivity index (χ3v) is 4.04. The molecule has 0 unspecified atom stereocenters. The van der Waals surface area contributed by atoms with Crippen LogP contribution in [0, 0.1) is 11.3 Å². The third kappa shape index (κ3) is 3.82. The van der Waals surface area contributed by atoms with Crippen molar-refractivity contribution in [3.05, 3.63) is 71.3 Å². The van der Waals surface area contributed by atoms with E-state index in [1.165, 1.54) is 11.1 Å². The predicted octanol–water partition coefficient (Wildman–Crippen LogP) is 3.19. The fraction of sp³-hybridized carbons (Fsp3) is 0.200. The summed E-state index contributed by atoms with van der Waals surface area (Å²) in [6, 6.07) is 17.5. The minimum absolute atomic E-state index is 0.0225. The Balaban J connectivity index is 1.61. The number of hydrogen-bond donors (Lipinski definition) is 0. The highest BCUT2D eigenvalue weighted by Gasteiger charge is 2.18. The van der Waals surface area contributed by atoms with Gasteiger partial charge in [0.05, 0.1) is 0 Å². The Morgan fingerprint density at radius 1 is 1.17 bits per heavy atom. The van der Waals surface area contributed by atoms with Crippen LogP contribution >= 0.6 is 0 Å². The van der Waals surface area contributed by atoms with Crippen LogP contribution in [0.4, 0.5) is 0 Å². The lowest BCUT2D eigenvalue weighted by Gasteiger charge is -2.27. The van der Waals surface area contributed by atoms with Crippen molar-refractivity contribution in [2.75, 3.05) is 13.2 Å². The first-order valence-electron chi connectivity index (χ1n) is 7.90. The molecule has 0 N–H and O–H groups in total. The van der Waals surface area contributed by atoms with Crippen LogP contribution in [-0.2, 0) is 17.8 Å². The lowest BCUT2D eigenvalue weighted by atomic mass is 10.00. The Morgan fingerprint density at radius 3 is 2.67 bits per heavy atom. The highest BCUT2D eigenvalue weighted by molar-refractivity contribution is 5.91. The summed E-state index contributed by atoms with van der Waals surface area (Å²) >= 11 is 0. The summed E-state index contributed by atoms with van der Waals surface area (Å²) in [5.74, 6) is 0.668. The largest absolute Gasteiger partial charge is 0.479 e. The summed E-state index contributed by atoms with van der Waals surface area (Å²) < 4.78 is 5.20. The van der Waals surface area contributed by atoms with Gasteiger partial charge in [0, 0.05) is 19.2 Å². The standard InChI is InChI=1S/C20H18N2O2/c21-12-14-24-19-8-5-16(6-9-19)7-10-20(23)22-13-11-17-3-1-2-4-18(17)15-22/h1-10H,11,13-15H2/b10-7+. The molecule has 3 rings (SSSR count). The summed E-state index contributed by atoms with van der Waals surface area (Å²) in [5.41, 5.74) is 3.48. The van der Waals surface area contributed by atoms with E-state index in [4.69, 9.17) is 10.00 Å². The molecule has 0 aliphatic carbocycles. The Bertz CT molecular complexity index is 788. The van der Waals surface area contributed by atoms with E-state index in [1.807, 2.05) is 35.2 Å². The van der Waals surface area contributed by atoms with Gasteiger partial charge in [0.2, 0.25) is 5.91 Å². The van der Waals surface area contributed by atoms with Gasteiger partial charge in [-0.05, 0) is 41.3 Å². The molecule has 4 nitrogen and oxygen atoms in total.